The lowest BCUT2D eigenvalue weighted by Crippen LogP contribution is -2.26. The first kappa shape index (κ1) is 14.9. The summed E-state index contributed by atoms with van der Waals surface area (Å²) in [7, 11) is 0. The highest BCUT2D eigenvalue weighted by atomic mass is 35.5. The first-order valence-corrected chi connectivity index (χ1v) is 7.63. The molecule has 1 aliphatic carbocycles. The Morgan fingerprint density at radius 1 is 1.41 bits per heavy atom. The van der Waals surface area contributed by atoms with Crippen LogP contribution < -0.4 is 11.1 Å². The molecule has 0 unspecified atom stereocenters. The third-order valence-electron chi connectivity index (χ3n) is 3.38. The molecule has 1 aromatic carbocycles. The molecule has 0 spiro atoms. The molecule has 1 aromatic rings. The van der Waals surface area contributed by atoms with Gasteiger partial charge < -0.3 is 11.1 Å². The highest BCUT2D eigenvalue weighted by Crippen LogP contribution is 2.24. The van der Waals surface area contributed by atoms with Crippen molar-refractivity contribution in [2.24, 2.45) is 15.9 Å². The number of halogens is 1. The zero-order chi connectivity index (χ0) is 15.7. The van der Waals surface area contributed by atoms with Crippen LogP contribution in [0.5, 0.6) is 0 Å². The van der Waals surface area contributed by atoms with Crippen LogP contribution in [0.3, 0.4) is 0 Å². The number of nitrogens with zero attached hydrogens (tertiary/aromatic N) is 2. The Bertz CT molecular complexity index is 780. The number of nitrogens with two attached hydrogens (primary N) is 1. The van der Waals surface area contributed by atoms with Crippen molar-refractivity contribution in [1.82, 2.24) is 0 Å². The molecule has 7 heteroatoms. The number of thiol groups is 1. The van der Waals surface area contributed by atoms with Gasteiger partial charge in [0.15, 0.2) is 5.71 Å². The van der Waals surface area contributed by atoms with Gasteiger partial charge in [-0.15, -0.1) is 5.10 Å². The number of anilines is 1. The zero-order valence-corrected chi connectivity index (χ0v) is 13.2. The van der Waals surface area contributed by atoms with Gasteiger partial charge in [0.1, 0.15) is 0 Å². The van der Waals surface area contributed by atoms with E-state index in [-0.39, 0.29) is 11.6 Å². The molecular weight excluding hydrogens is 320 g/mol. The van der Waals surface area contributed by atoms with E-state index in [4.69, 9.17) is 17.3 Å². The van der Waals surface area contributed by atoms with Crippen molar-refractivity contribution in [2.75, 3.05) is 5.32 Å². The average molecular weight is 333 g/mol. The van der Waals surface area contributed by atoms with Crippen LogP contribution in [0.2, 0.25) is 5.02 Å². The van der Waals surface area contributed by atoms with Crippen LogP contribution in [0.1, 0.15) is 12.0 Å². The predicted octanol–water partition coefficient (Wildman–Crippen LogP) is 2.69. The average Bonchev–Trinajstić information content (AvgIpc) is 2.90. The van der Waals surface area contributed by atoms with Crippen LogP contribution >= 0.6 is 24.2 Å². The summed E-state index contributed by atoms with van der Waals surface area (Å²) in [5.41, 5.74) is 9.57. The van der Waals surface area contributed by atoms with Crippen LogP contribution in [-0.4, -0.2) is 17.3 Å². The third-order valence-corrected chi connectivity index (χ3v) is 4.07. The number of fused-ring (bicyclic) bond motifs is 1. The van der Waals surface area contributed by atoms with Gasteiger partial charge in [-0.3, -0.25) is 4.79 Å². The summed E-state index contributed by atoms with van der Waals surface area (Å²) in [5, 5.41) is 11.3. The molecular formula is C15H13ClN4OS. The maximum atomic E-state index is 12.4. The van der Waals surface area contributed by atoms with Gasteiger partial charge in [0.25, 0.3) is 5.91 Å². The van der Waals surface area contributed by atoms with Crippen molar-refractivity contribution < 1.29 is 4.79 Å². The van der Waals surface area contributed by atoms with Gasteiger partial charge in [-0.25, -0.2) is 0 Å². The van der Waals surface area contributed by atoms with Gasteiger partial charge in [-0.1, -0.05) is 23.7 Å². The van der Waals surface area contributed by atoms with Gasteiger partial charge in [0, 0.05) is 34.2 Å². The molecule has 0 bridgehead atoms. The summed E-state index contributed by atoms with van der Waals surface area (Å²) in [6.07, 6.45) is 4.14. The van der Waals surface area contributed by atoms with E-state index in [2.05, 4.69) is 28.1 Å². The fourth-order valence-electron chi connectivity index (χ4n) is 2.21. The molecule has 0 saturated heterocycles. The minimum absolute atomic E-state index is 0.264. The number of rotatable bonds is 3. The fraction of sp³-hybridized carbons (Fsp3) is 0.133. The van der Waals surface area contributed by atoms with Crippen LogP contribution in [-0.2, 0) is 10.5 Å². The molecule has 0 radical (unpaired) electrons. The summed E-state index contributed by atoms with van der Waals surface area (Å²) in [6.45, 7) is 0. The van der Waals surface area contributed by atoms with E-state index in [0.717, 1.165) is 11.3 Å². The Labute approximate surface area is 138 Å². The molecule has 5 nitrogen and oxygen atoms in total. The van der Waals surface area contributed by atoms with Crippen molar-refractivity contribution in [3.8, 4) is 0 Å². The van der Waals surface area contributed by atoms with Crippen molar-refractivity contribution in [2.45, 2.75) is 12.2 Å². The van der Waals surface area contributed by atoms with Crippen molar-refractivity contribution >= 4 is 47.2 Å². The van der Waals surface area contributed by atoms with Gasteiger partial charge in [-0.05, 0) is 23.8 Å². The Morgan fingerprint density at radius 2 is 2.23 bits per heavy atom. The lowest BCUT2D eigenvalue weighted by Gasteiger charge is -2.11. The van der Waals surface area contributed by atoms with Gasteiger partial charge in [0.2, 0.25) is 0 Å². The quantitative estimate of drug-likeness (QED) is 0.744. The van der Waals surface area contributed by atoms with Crippen LogP contribution in [0.4, 0.5) is 5.69 Å². The number of hydrogen-bond acceptors (Lipinski definition) is 5. The standard InChI is InChI=1S/C15H13ClN4OS/c16-12-6-10(3-1-8(12)7-22)18-15(21)14-11-5-9(17)2-4-13(11)19-20-14/h1-3,5-6,22H,4,7,17H2,(H,18,21). The highest BCUT2D eigenvalue weighted by Gasteiger charge is 2.27. The second kappa shape index (κ2) is 5.98. The second-order valence-electron chi connectivity index (χ2n) is 4.88. The molecule has 1 amide bonds. The lowest BCUT2D eigenvalue weighted by molar-refractivity contribution is -0.110. The van der Waals surface area contributed by atoms with Crippen LogP contribution in [0.15, 0.2) is 51.8 Å². The number of hydrogen-bond donors (Lipinski definition) is 3. The van der Waals surface area contributed by atoms with E-state index in [1.54, 1.807) is 18.2 Å². The summed E-state index contributed by atoms with van der Waals surface area (Å²) < 4.78 is 0. The lowest BCUT2D eigenvalue weighted by atomic mass is 9.97. The topological polar surface area (TPSA) is 79.8 Å². The molecule has 0 aromatic heterocycles. The largest absolute Gasteiger partial charge is 0.399 e. The smallest absolute Gasteiger partial charge is 0.276 e. The van der Waals surface area contributed by atoms with E-state index in [9.17, 15) is 4.79 Å². The highest BCUT2D eigenvalue weighted by molar-refractivity contribution is 7.79. The van der Waals surface area contributed by atoms with Gasteiger partial charge in [0.05, 0.1) is 5.71 Å². The predicted molar refractivity (Wildman–Crippen MR) is 92.6 cm³/mol. The minimum atomic E-state index is -0.339. The second-order valence-corrected chi connectivity index (χ2v) is 5.60. The zero-order valence-electron chi connectivity index (χ0n) is 11.5. The molecule has 1 heterocycles. The molecule has 22 heavy (non-hydrogen) atoms. The van der Waals surface area contributed by atoms with Crippen molar-refractivity contribution in [3.05, 3.63) is 52.2 Å². The molecule has 3 N–H and O–H groups in total. The SMILES string of the molecule is NC1=CCC2=NN=C(C(=O)Nc3ccc(CS)c(Cl)c3)C2=C1. The normalized spacial score (nSPS) is 16.3. The molecule has 112 valence electrons. The summed E-state index contributed by atoms with van der Waals surface area (Å²) >= 11 is 10.3. The fourth-order valence-corrected chi connectivity index (χ4v) is 2.82. The summed E-state index contributed by atoms with van der Waals surface area (Å²) in [6, 6.07) is 5.28. The molecule has 3 rings (SSSR count). The number of amides is 1. The Balaban J connectivity index is 1.79. The first-order chi connectivity index (χ1) is 10.6. The monoisotopic (exact) mass is 332 g/mol. The van der Waals surface area contributed by atoms with E-state index in [1.807, 2.05) is 12.1 Å². The van der Waals surface area contributed by atoms with Crippen molar-refractivity contribution in [1.29, 1.82) is 0 Å². The number of carbonyl (C=O) groups excluding carboxylic acids is 1. The number of allylic oxidation sites excluding steroid dienone is 2. The summed E-state index contributed by atoms with van der Waals surface area (Å²) in [5.74, 6) is 0.199. The van der Waals surface area contributed by atoms with Crippen LogP contribution in [0, 0.1) is 0 Å². The van der Waals surface area contributed by atoms with Gasteiger partial charge in [-0.2, -0.15) is 17.7 Å². The Kier molecular flexibility index (Phi) is 4.04. The Morgan fingerprint density at radius 3 is 2.95 bits per heavy atom. The maximum Gasteiger partial charge on any atom is 0.276 e. The molecule has 0 saturated carbocycles. The molecule has 0 fully saturated rings. The Hall–Kier alpha value is -2.05. The molecule has 2 aliphatic rings. The van der Waals surface area contributed by atoms with Crippen LogP contribution in [0.25, 0.3) is 0 Å². The third kappa shape index (κ3) is 2.80. The molecule has 0 atom stereocenters. The summed E-state index contributed by atoms with van der Waals surface area (Å²) in [4.78, 5) is 12.4. The number of benzene rings is 1. The minimum Gasteiger partial charge on any atom is -0.399 e. The van der Waals surface area contributed by atoms with E-state index < -0.39 is 0 Å². The number of nitrogens with one attached hydrogen (secondary N) is 1. The molecule has 1 aliphatic heterocycles. The van der Waals surface area contributed by atoms with Crippen molar-refractivity contribution in [3.63, 3.8) is 0 Å². The van der Waals surface area contributed by atoms with E-state index >= 15 is 0 Å². The first-order valence-electron chi connectivity index (χ1n) is 6.61. The number of carbonyl (C=O) groups is 1. The van der Waals surface area contributed by atoms with Gasteiger partial charge >= 0.3 is 0 Å². The van der Waals surface area contributed by atoms with E-state index in [0.29, 0.717) is 34.2 Å². The van der Waals surface area contributed by atoms with E-state index in [1.165, 1.54) is 0 Å². The maximum absolute atomic E-state index is 12.4.